The number of quaternary nitrogens is 1. The molecule has 0 aliphatic rings. The molecular formula is C22H15ClFNO5. The molecule has 6 nitrogen and oxygen atoms in total. The first-order valence-corrected chi connectivity index (χ1v) is 9.04. The van der Waals surface area contributed by atoms with Gasteiger partial charge in [0.1, 0.15) is 11.6 Å². The van der Waals surface area contributed by atoms with Crippen LogP contribution in [0, 0.1) is 11.0 Å². The highest BCUT2D eigenvalue weighted by molar-refractivity contribution is 6.30. The Bertz CT molecular complexity index is 1110. The third-order valence-corrected chi connectivity index (χ3v) is 4.30. The van der Waals surface area contributed by atoms with Crippen LogP contribution in [0.4, 0.5) is 10.1 Å². The van der Waals surface area contributed by atoms with E-state index >= 15 is 0 Å². The maximum Gasteiger partial charge on any atom is 0.343 e. The Morgan fingerprint density at radius 2 is 1.80 bits per heavy atom. The summed E-state index contributed by atoms with van der Waals surface area (Å²) in [5, 5.41) is 19.5. The van der Waals surface area contributed by atoms with Crippen molar-refractivity contribution < 1.29 is 29.2 Å². The summed E-state index contributed by atoms with van der Waals surface area (Å²) in [6, 6.07) is 15.1. The molecule has 2 N–H and O–H groups in total. The van der Waals surface area contributed by atoms with Gasteiger partial charge in [-0.3, -0.25) is 4.79 Å². The predicted octanol–water partition coefficient (Wildman–Crippen LogP) is 4.00. The van der Waals surface area contributed by atoms with Crippen LogP contribution in [0.5, 0.6) is 5.75 Å². The number of hydrogen-bond donors (Lipinski definition) is 2. The van der Waals surface area contributed by atoms with Crippen LogP contribution in [-0.2, 0) is 0 Å². The van der Waals surface area contributed by atoms with Gasteiger partial charge in [-0.05, 0) is 48.0 Å². The van der Waals surface area contributed by atoms with Crippen molar-refractivity contribution in [1.29, 1.82) is 0 Å². The molecule has 0 amide bonds. The minimum absolute atomic E-state index is 0.0191. The SMILES string of the molecule is O=C(Oc1ccc(F)cc1C(=O)C=Cc1ccc(Cl)cc1)c1cccc([NH+]([O-])O)c1. The van der Waals surface area contributed by atoms with Gasteiger partial charge in [-0.15, -0.1) is 0 Å². The highest BCUT2D eigenvalue weighted by atomic mass is 35.5. The predicted molar refractivity (Wildman–Crippen MR) is 108 cm³/mol. The Morgan fingerprint density at radius 1 is 1.07 bits per heavy atom. The van der Waals surface area contributed by atoms with Crippen molar-refractivity contribution in [2.45, 2.75) is 0 Å². The van der Waals surface area contributed by atoms with Crippen LogP contribution in [0.1, 0.15) is 26.3 Å². The molecule has 0 saturated carbocycles. The topological polar surface area (TPSA) is 91.1 Å². The van der Waals surface area contributed by atoms with Gasteiger partial charge in [0.2, 0.25) is 0 Å². The summed E-state index contributed by atoms with van der Waals surface area (Å²) in [5.74, 6) is -2.27. The summed E-state index contributed by atoms with van der Waals surface area (Å²) in [7, 11) is 0. The maximum atomic E-state index is 13.7. The zero-order valence-corrected chi connectivity index (χ0v) is 16.1. The minimum atomic E-state index is -1.20. The van der Waals surface area contributed by atoms with Crippen LogP contribution >= 0.6 is 11.6 Å². The van der Waals surface area contributed by atoms with Gasteiger partial charge in [-0.2, -0.15) is 5.23 Å². The van der Waals surface area contributed by atoms with Crippen LogP contribution in [0.25, 0.3) is 6.08 Å². The summed E-state index contributed by atoms with van der Waals surface area (Å²) in [4.78, 5) is 25.0. The van der Waals surface area contributed by atoms with E-state index < -0.39 is 22.8 Å². The van der Waals surface area contributed by atoms with E-state index in [0.29, 0.717) is 10.6 Å². The fourth-order valence-corrected chi connectivity index (χ4v) is 2.68. The number of rotatable bonds is 6. The van der Waals surface area contributed by atoms with Crippen molar-refractivity contribution in [3.05, 3.63) is 106 Å². The van der Waals surface area contributed by atoms with Crippen molar-refractivity contribution in [1.82, 2.24) is 0 Å². The number of nitrogens with one attached hydrogen (secondary N) is 1. The van der Waals surface area contributed by atoms with E-state index in [2.05, 4.69) is 0 Å². The highest BCUT2D eigenvalue weighted by Gasteiger charge is 2.17. The summed E-state index contributed by atoms with van der Waals surface area (Å²) < 4.78 is 19.0. The number of allylic oxidation sites excluding steroid dienone is 1. The first kappa shape index (κ1) is 21.4. The summed E-state index contributed by atoms with van der Waals surface area (Å²) in [6.45, 7) is 0. The average molecular weight is 428 g/mol. The lowest BCUT2D eigenvalue weighted by Crippen LogP contribution is -2.99. The fraction of sp³-hybridized carbons (Fsp3) is 0. The van der Waals surface area contributed by atoms with Gasteiger partial charge in [-0.1, -0.05) is 35.9 Å². The molecule has 8 heteroatoms. The third kappa shape index (κ3) is 5.37. The standard InChI is InChI=1S/C22H15ClFNO5/c23-16-7-4-14(5-8-16)6-10-20(26)19-13-17(24)9-11-21(19)30-22(27)15-2-1-3-18(12-15)25(28)29/h1-13,25,28H. The van der Waals surface area contributed by atoms with Gasteiger partial charge in [0.05, 0.1) is 11.1 Å². The molecule has 0 radical (unpaired) electrons. The van der Waals surface area contributed by atoms with Gasteiger partial charge >= 0.3 is 5.97 Å². The quantitative estimate of drug-likeness (QED) is 0.204. The number of esters is 1. The van der Waals surface area contributed by atoms with E-state index in [-0.39, 0.29) is 22.6 Å². The van der Waals surface area contributed by atoms with Crippen LogP contribution in [0.3, 0.4) is 0 Å². The van der Waals surface area contributed by atoms with Crippen LogP contribution in [0.15, 0.2) is 72.8 Å². The Kier molecular flexibility index (Phi) is 6.71. The van der Waals surface area contributed by atoms with Crippen LogP contribution in [-0.4, -0.2) is 17.0 Å². The molecule has 3 aromatic carbocycles. The number of carbonyl (C=O) groups is 2. The van der Waals surface area contributed by atoms with Crippen molar-refractivity contribution in [2.24, 2.45) is 0 Å². The molecule has 0 aliphatic heterocycles. The van der Waals surface area contributed by atoms with Crippen molar-refractivity contribution in [2.75, 3.05) is 0 Å². The Labute approximate surface area is 175 Å². The zero-order chi connectivity index (χ0) is 21.7. The number of ether oxygens (including phenoxy) is 1. The lowest BCUT2D eigenvalue weighted by molar-refractivity contribution is -0.991. The molecule has 3 rings (SSSR count). The second-order valence-electron chi connectivity index (χ2n) is 6.17. The second-order valence-corrected chi connectivity index (χ2v) is 6.60. The molecule has 30 heavy (non-hydrogen) atoms. The summed E-state index contributed by atoms with van der Waals surface area (Å²) in [6.07, 6.45) is 2.74. The average Bonchev–Trinajstić information content (AvgIpc) is 2.74. The highest BCUT2D eigenvalue weighted by Crippen LogP contribution is 2.23. The molecule has 1 unspecified atom stereocenters. The molecule has 0 aliphatic carbocycles. The van der Waals surface area contributed by atoms with E-state index in [1.807, 2.05) is 0 Å². The smallest absolute Gasteiger partial charge is 0.343 e. The fourth-order valence-electron chi connectivity index (χ4n) is 2.56. The first-order chi connectivity index (χ1) is 14.3. The number of halogens is 2. The zero-order valence-electron chi connectivity index (χ0n) is 15.3. The molecule has 0 aromatic heterocycles. The molecule has 1 atom stereocenters. The third-order valence-electron chi connectivity index (χ3n) is 4.05. The van der Waals surface area contributed by atoms with Crippen molar-refractivity contribution in [3.8, 4) is 5.75 Å². The van der Waals surface area contributed by atoms with Gasteiger partial charge in [0, 0.05) is 17.2 Å². The number of ketones is 1. The van der Waals surface area contributed by atoms with Gasteiger partial charge in [-0.25, -0.2) is 14.4 Å². The van der Waals surface area contributed by atoms with E-state index in [9.17, 15) is 19.2 Å². The number of benzene rings is 3. The molecule has 0 saturated heterocycles. The monoisotopic (exact) mass is 427 g/mol. The number of carbonyl (C=O) groups excluding carboxylic acids is 2. The Hall–Kier alpha value is -3.36. The van der Waals surface area contributed by atoms with E-state index in [4.69, 9.17) is 21.5 Å². The first-order valence-electron chi connectivity index (χ1n) is 8.66. The van der Waals surface area contributed by atoms with Crippen molar-refractivity contribution >= 4 is 35.1 Å². The Balaban J connectivity index is 1.84. The molecule has 0 bridgehead atoms. The van der Waals surface area contributed by atoms with Crippen molar-refractivity contribution in [3.63, 3.8) is 0 Å². The van der Waals surface area contributed by atoms with Gasteiger partial charge in [0.15, 0.2) is 11.5 Å². The molecule has 0 spiro atoms. The van der Waals surface area contributed by atoms with E-state index in [0.717, 1.165) is 24.3 Å². The maximum absolute atomic E-state index is 13.7. The number of hydrogen-bond acceptors (Lipinski definition) is 5. The lowest BCUT2D eigenvalue weighted by Gasteiger charge is -2.12. The Morgan fingerprint density at radius 3 is 2.50 bits per heavy atom. The molecule has 0 fully saturated rings. The van der Waals surface area contributed by atoms with E-state index in [1.165, 1.54) is 30.4 Å². The molecule has 152 valence electrons. The normalized spacial score (nSPS) is 12.0. The van der Waals surface area contributed by atoms with Crippen LogP contribution in [0.2, 0.25) is 5.02 Å². The molecule has 3 aromatic rings. The van der Waals surface area contributed by atoms with Crippen LogP contribution < -0.4 is 9.96 Å². The summed E-state index contributed by atoms with van der Waals surface area (Å²) in [5.41, 5.74) is 0.441. The second kappa shape index (κ2) is 9.43. The lowest BCUT2D eigenvalue weighted by atomic mass is 10.1. The largest absolute Gasteiger partial charge is 0.595 e. The van der Waals surface area contributed by atoms with E-state index in [1.54, 1.807) is 24.3 Å². The molecular weight excluding hydrogens is 413 g/mol. The van der Waals surface area contributed by atoms with Gasteiger partial charge < -0.3 is 9.94 Å². The van der Waals surface area contributed by atoms with Gasteiger partial charge in [0.25, 0.3) is 0 Å². The minimum Gasteiger partial charge on any atom is -0.595 e. The summed E-state index contributed by atoms with van der Waals surface area (Å²) >= 11 is 5.82. The molecule has 0 heterocycles.